The molecule has 2 nitrogen and oxygen atoms in total. The molecule has 2 N–H and O–H groups in total. The molecule has 72 valence electrons. The first-order valence-electron chi connectivity index (χ1n) is 4.95. The predicted molar refractivity (Wildman–Crippen MR) is 51.0 cm³/mol. The summed E-state index contributed by atoms with van der Waals surface area (Å²) in [6.45, 7) is 9.45. The van der Waals surface area contributed by atoms with Crippen LogP contribution in [0.1, 0.15) is 34.1 Å². The SMILES string of the molecule is CC(C)C(O)(C(C)C)[C@@H]1CCN1. The highest BCUT2D eigenvalue weighted by atomic mass is 16.3. The summed E-state index contributed by atoms with van der Waals surface area (Å²) in [5.41, 5.74) is -0.516. The molecule has 2 heteroatoms. The van der Waals surface area contributed by atoms with Crippen LogP contribution in [-0.4, -0.2) is 23.3 Å². The Morgan fingerprint density at radius 3 is 1.75 bits per heavy atom. The molecule has 1 aliphatic heterocycles. The highest BCUT2D eigenvalue weighted by Gasteiger charge is 2.44. The average molecular weight is 171 g/mol. The van der Waals surface area contributed by atoms with Gasteiger partial charge < -0.3 is 10.4 Å². The quantitative estimate of drug-likeness (QED) is 0.672. The van der Waals surface area contributed by atoms with Crippen LogP contribution in [0, 0.1) is 11.8 Å². The van der Waals surface area contributed by atoms with Crippen molar-refractivity contribution in [1.82, 2.24) is 5.32 Å². The van der Waals surface area contributed by atoms with Gasteiger partial charge in [0.15, 0.2) is 0 Å². The standard InChI is InChI=1S/C10H21NO/c1-7(2)10(12,8(3)4)9-5-6-11-9/h7-9,11-12H,5-6H2,1-4H3/t9-/m0/s1. The smallest absolute Gasteiger partial charge is 0.0845 e. The van der Waals surface area contributed by atoms with E-state index in [9.17, 15) is 5.11 Å². The first kappa shape index (κ1) is 10.0. The lowest BCUT2D eigenvalue weighted by Gasteiger charge is -2.47. The Morgan fingerprint density at radius 1 is 1.25 bits per heavy atom. The van der Waals surface area contributed by atoms with E-state index in [2.05, 4.69) is 33.0 Å². The zero-order valence-electron chi connectivity index (χ0n) is 8.59. The fraction of sp³-hybridized carbons (Fsp3) is 1.00. The van der Waals surface area contributed by atoms with E-state index in [4.69, 9.17) is 0 Å². The maximum Gasteiger partial charge on any atom is 0.0845 e. The molecule has 1 fully saturated rings. The first-order valence-corrected chi connectivity index (χ1v) is 4.95. The number of hydrogen-bond donors (Lipinski definition) is 2. The third kappa shape index (κ3) is 1.38. The Bertz CT molecular complexity index is 142. The molecule has 1 aliphatic rings. The fourth-order valence-electron chi connectivity index (χ4n) is 2.15. The third-order valence-corrected chi connectivity index (χ3v) is 3.23. The molecular weight excluding hydrogens is 150 g/mol. The van der Waals surface area contributed by atoms with Gasteiger partial charge in [0.2, 0.25) is 0 Å². The Kier molecular flexibility index (Phi) is 2.79. The molecular formula is C10H21NO. The van der Waals surface area contributed by atoms with Gasteiger partial charge in [0.25, 0.3) is 0 Å². The summed E-state index contributed by atoms with van der Waals surface area (Å²) >= 11 is 0. The van der Waals surface area contributed by atoms with Crippen LogP contribution in [0.25, 0.3) is 0 Å². The zero-order valence-corrected chi connectivity index (χ0v) is 8.59. The Balaban J connectivity index is 2.70. The van der Waals surface area contributed by atoms with Crippen molar-refractivity contribution < 1.29 is 5.11 Å². The van der Waals surface area contributed by atoms with E-state index in [1.807, 2.05) is 0 Å². The van der Waals surface area contributed by atoms with Crippen molar-refractivity contribution in [2.24, 2.45) is 11.8 Å². The van der Waals surface area contributed by atoms with Crippen molar-refractivity contribution in [2.45, 2.75) is 45.8 Å². The van der Waals surface area contributed by atoms with Crippen molar-refractivity contribution in [2.75, 3.05) is 6.54 Å². The molecule has 0 spiro atoms. The number of hydrogen-bond acceptors (Lipinski definition) is 2. The van der Waals surface area contributed by atoms with Gasteiger partial charge in [-0.15, -0.1) is 0 Å². The Hall–Kier alpha value is -0.0800. The molecule has 12 heavy (non-hydrogen) atoms. The summed E-state index contributed by atoms with van der Waals surface area (Å²) in [7, 11) is 0. The second kappa shape index (κ2) is 3.35. The topological polar surface area (TPSA) is 32.3 Å². The van der Waals surface area contributed by atoms with Crippen LogP contribution in [-0.2, 0) is 0 Å². The maximum absolute atomic E-state index is 10.4. The van der Waals surface area contributed by atoms with E-state index < -0.39 is 5.60 Å². The van der Waals surface area contributed by atoms with Crippen molar-refractivity contribution in [3.63, 3.8) is 0 Å². The first-order chi connectivity index (χ1) is 5.49. The van der Waals surface area contributed by atoms with E-state index in [0.29, 0.717) is 17.9 Å². The molecule has 0 aromatic carbocycles. The van der Waals surface area contributed by atoms with Crippen LogP contribution in [0.4, 0.5) is 0 Å². The normalized spacial score (nSPS) is 24.8. The highest BCUT2D eigenvalue weighted by Crippen LogP contribution is 2.33. The summed E-state index contributed by atoms with van der Waals surface area (Å²) in [5.74, 6) is 0.658. The van der Waals surface area contributed by atoms with E-state index in [0.717, 1.165) is 13.0 Å². The third-order valence-electron chi connectivity index (χ3n) is 3.23. The van der Waals surface area contributed by atoms with Crippen LogP contribution in [0.15, 0.2) is 0 Å². The van der Waals surface area contributed by atoms with Crippen LogP contribution in [0.2, 0.25) is 0 Å². The van der Waals surface area contributed by atoms with Crippen molar-refractivity contribution >= 4 is 0 Å². The Labute approximate surface area is 75.4 Å². The van der Waals surface area contributed by atoms with Crippen LogP contribution in [0.5, 0.6) is 0 Å². The summed E-state index contributed by atoms with van der Waals surface area (Å²) in [4.78, 5) is 0. The molecule has 0 bridgehead atoms. The van der Waals surface area contributed by atoms with Gasteiger partial charge in [0.1, 0.15) is 0 Å². The molecule has 0 amide bonds. The minimum Gasteiger partial charge on any atom is -0.388 e. The lowest BCUT2D eigenvalue weighted by Crippen LogP contribution is -2.63. The second-order valence-electron chi connectivity index (χ2n) is 4.49. The van der Waals surface area contributed by atoms with Crippen molar-refractivity contribution in [3.8, 4) is 0 Å². The summed E-state index contributed by atoms with van der Waals surface area (Å²) in [5, 5.41) is 13.7. The van der Waals surface area contributed by atoms with E-state index in [-0.39, 0.29) is 0 Å². The van der Waals surface area contributed by atoms with Gasteiger partial charge in [-0.2, -0.15) is 0 Å². The number of rotatable bonds is 3. The highest BCUT2D eigenvalue weighted by molar-refractivity contribution is 5.00. The molecule has 1 atom stereocenters. The van der Waals surface area contributed by atoms with Crippen LogP contribution < -0.4 is 5.32 Å². The largest absolute Gasteiger partial charge is 0.388 e. The van der Waals surface area contributed by atoms with Gasteiger partial charge in [-0.3, -0.25) is 0 Å². The van der Waals surface area contributed by atoms with Crippen LogP contribution in [0.3, 0.4) is 0 Å². The number of nitrogens with one attached hydrogen (secondary N) is 1. The van der Waals surface area contributed by atoms with E-state index in [1.54, 1.807) is 0 Å². The minimum absolute atomic E-state index is 0.317. The zero-order chi connectivity index (χ0) is 9.35. The van der Waals surface area contributed by atoms with Gasteiger partial charge in [-0.05, 0) is 24.8 Å². The molecule has 0 unspecified atom stereocenters. The van der Waals surface area contributed by atoms with Gasteiger partial charge in [0, 0.05) is 6.04 Å². The lowest BCUT2D eigenvalue weighted by atomic mass is 9.71. The minimum atomic E-state index is -0.516. The molecule has 1 heterocycles. The monoisotopic (exact) mass is 171 g/mol. The molecule has 1 rings (SSSR count). The molecule has 0 radical (unpaired) electrons. The molecule has 0 aromatic rings. The summed E-state index contributed by atoms with van der Waals surface area (Å²) < 4.78 is 0. The molecule has 0 aliphatic carbocycles. The lowest BCUT2D eigenvalue weighted by molar-refractivity contribution is -0.0942. The summed E-state index contributed by atoms with van der Waals surface area (Å²) in [6.07, 6.45) is 1.12. The molecule has 0 aromatic heterocycles. The van der Waals surface area contributed by atoms with Gasteiger partial charge in [0.05, 0.1) is 5.60 Å². The Morgan fingerprint density at radius 2 is 1.67 bits per heavy atom. The summed E-state index contributed by atoms with van der Waals surface area (Å²) in [6, 6.07) is 0.317. The van der Waals surface area contributed by atoms with E-state index >= 15 is 0 Å². The van der Waals surface area contributed by atoms with E-state index in [1.165, 1.54) is 0 Å². The van der Waals surface area contributed by atoms with Crippen molar-refractivity contribution in [3.05, 3.63) is 0 Å². The van der Waals surface area contributed by atoms with Gasteiger partial charge in [-0.25, -0.2) is 0 Å². The van der Waals surface area contributed by atoms with Crippen molar-refractivity contribution in [1.29, 1.82) is 0 Å². The van der Waals surface area contributed by atoms with Gasteiger partial charge >= 0.3 is 0 Å². The average Bonchev–Trinajstić information content (AvgIpc) is 1.82. The molecule has 0 saturated carbocycles. The second-order valence-corrected chi connectivity index (χ2v) is 4.49. The maximum atomic E-state index is 10.4. The van der Waals surface area contributed by atoms with Gasteiger partial charge in [-0.1, -0.05) is 27.7 Å². The fourth-order valence-corrected chi connectivity index (χ4v) is 2.15. The van der Waals surface area contributed by atoms with Crippen LogP contribution >= 0.6 is 0 Å². The number of aliphatic hydroxyl groups is 1. The predicted octanol–water partition coefficient (Wildman–Crippen LogP) is 1.39. The molecule has 1 saturated heterocycles.